The van der Waals surface area contributed by atoms with Gasteiger partial charge >= 0.3 is 11.9 Å². The van der Waals surface area contributed by atoms with Crippen molar-refractivity contribution in [3.8, 4) is 5.75 Å². The molecule has 0 aromatic heterocycles. The molecule has 7 heteroatoms. The fraction of sp³-hybridized carbons (Fsp3) is 0.536. The van der Waals surface area contributed by atoms with Gasteiger partial charge in [0.25, 0.3) is 0 Å². The van der Waals surface area contributed by atoms with Crippen LogP contribution >= 0.6 is 0 Å². The van der Waals surface area contributed by atoms with Gasteiger partial charge in [-0.25, -0.2) is 4.79 Å². The lowest BCUT2D eigenvalue weighted by Gasteiger charge is -2.38. The summed E-state index contributed by atoms with van der Waals surface area (Å²) in [5.74, 6) is -2.63. The quantitative estimate of drug-likeness (QED) is 0.306. The van der Waals surface area contributed by atoms with Crippen LogP contribution in [0.4, 0.5) is 0 Å². The average Bonchev–Trinajstić information content (AvgIpc) is 2.83. The third-order valence-corrected chi connectivity index (χ3v) is 6.83. The molecule has 1 heterocycles. The second-order valence-electron chi connectivity index (χ2n) is 9.40. The SMILES string of the molecule is CCCCOc1ccccc1[C@H]1C(C(=O)O[C@@H](C)CC)=C(C)NC2=C1C(=O)[C@@H](C(=O)OC)[C@H](C)C2. The number of ketones is 1. The van der Waals surface area contributed by atoms with Gasteiger partial charge in [0.2, 0.25) is 0 Å². The van der Waals surface area contributed by atoms with E-state index in [1.165, 1.54) is 7.11 Å². The smallest absolute Gasteiger partial charge is 0.337 e. The number of hydrogen-bond donors (Lipinski definition) is 1. The second kappa shape index (κ2) is 11.6. The molecule has 0 saturated heterocycles. The second-order valence-corrected chi connectivity index (χ2v) is 9.40. The maximum absolute atomic E-state index is 13.9. The number of methoxy groups -OCH3 is 1. The molecule has 190 valence electrons. The van der Waals surface area contributed by atoms with Gasteiger partial charge in [-0.15, -0.1) is 0 Å². The Labute approximate surface area is 207 Å². The van der Waals surface area contributed by atoms with Crippen molar-refractivity contribution in [3.05, 3.63) is 52.4 Å². The molecule has 1 aliphatic heterocycles. The first-order valence-corrected chi connectivity index (χ1v) is 12.5. The first kappa shape index (κ1) is 26.5. The van der Waals surface area contributed by atoms with Crippen molar-refractivity contribution >= 4 is 17.7 Å². The zero-order chi connectivity index (χ0) is 25.7. The van der Waals surface area contributed by atoms with E-state index in [0.717, 1.165) is 18.5 Å². The largest absolute Gasteiger partial charge is 0.493 e. The van der Waals surface area contributed by atoms with Gasteiger partial charge in [-0.05, 0) is 45.1 Å². The minimum Gasteiger partial charge on any atom is -0.493 e. The van der Waals surface area contributed by atoms with Crippen molar-refractivity contribution in [2.24, 2.45) is 11.8 Å². The average molecular weight is 484 g/mol. The molecule has 2 aliphatic rings. The highest BCUT2D eigenvalue weighted by molar-refractivity contribution is 6.12. The first-order chi connectivity index (χ1) is 16.7. The third kappa shape index (κ3) is 5.44. The van der Waals surface area contributed by atoms with Crippen LogP contribution in [-0.2, 0) is 23.9 Å². The summed E-state index contributed by atoms with van der Waals surface area (Å²) in [6, 6.07) is 7.47. The van der Waals surface area contributed by atoms with E-state index in [1.807, 2.05) is 52.0 Å². The highest BCUT2D eigenvalue weighted by Crippen LogP contribution is 2.47. The molecule has 0 fully saturated rings. The molecule has 1 aromatic carbocycles. The predicted octanol–water partition coefficient (Wildman–Crippen LogP) is 4.82. The van der Waals surface area contributed by atoms with Crippen molar-refractivity contribution in [3.63, 3.8) is 0 Å². The Morgan fingerprint density at radius 3 is 2.57 bits per heavy atom. The number of carbonyl (C=O) groups is 3. The number of rotatable bonds is 9. The van der Waals surface area contributed by atoms with Gasteiger partial charge in [0.05, 0.1) is 31.3 Å². The molecular weight excluding hydrogens is 446 g/mol. The molecule has 1 N–H and O–H groups in total. The van der Waals surface area contributed by atoms with Gasteiger partial charge in [0.15, 0.2) is 5.78 Å². The van der Waals surface area contributed by atoms with Crippen LogP contribution in [0.3, 0.4) is 0 Å². The maximum atomic E-state index is 13.9. The van der Waals surface area contributed by atoms with Crippen LogP contribution in [-0.4, -0.2) is 37.5 Å². The molecular formula is C28H37NO6. The zero-order valence-electron chi connectivity index (χ0n) is 21.6. The highest BCUT2D eigenvalue weighted by Gasteiger charge is 2.48. The van der Waals surface area contributed by atoms with E-state index >= 15 is 0 Å². The molecule has 1 aromatic rings. The summed E-state index contributed by atoms with van der Waals surface area (Å²) < 4.78 is 16.8. The Morgan fingerprint density at radius 1 is 1.20 bits per heavy atom. The van der Waals surface area contributed by atoms with E-state index in [-0.39, 0.29) is 17.8 Å². The number of nitrogens with one attached hydrogen (secondary N) is 1. The van der Waals surface area contributed by atoms with Crippen LogP contribution < -0.4 is 10.1 Å². The lowest BCUT2D eigenvalue weighted by atomic mass is 9.69. The number of dihydropyridines is 1. The number of esters is 2. The Hall–Kier alpha value is -3.09. The molecule has 0 amide bonds. The number of allylic oxidation sites excluding steroid dienone is 3. The summed E-state index contributed by atoms with van der Waals surface area (Å²) in [5, 5.41) is 3.30. The minimum atomic E-state index is -0.929. The summed E-state index contributed by atoms with van der Waals surface area (Å²) in [6.07, 6.45) is 2.74. The lowest BCUT2D eigenvalue weighted by molar-refractivity contribution is -0.151. The van der Waals surface area contributed by atoms with E-state index in [9.17, 15) is 14.4 Å². The Bertz CT molecular complexity index is 1040. The molecule has 1 aliphatic carbocycles. The monoisotopic (exact) mass is 483 g/mol. The topological polar surface area (TPSA) is 90.9 Å². The number of benzene rings is 1. The summed E-state index contributed by atoms with van der Waals surface area (Å²) >= 11 is 0. The Balaban J connectivity index is 2.18. The van der Waals surface area contributed by atoms with E-state index in [4.69, 9.17) is 14.2 Å². The number of carbonyl (C=O) groups excluding carboxylic acids is 3. The van der Waals surface area contributed by atoms with Gasteiger partial charge in [0.1, 0.15) is 11.7 Å². The van der Waals surface area contributed by atoms with Crippen LogP contribution in [0.1, 0.15) is 71.8 Å². The summed E-state index contributed by atoms with van der Waals surface area (Å²) in [7, 11) is 1.29. The zero-order valence-corrected chi connectivity index (χ0v) is 21.6. The highest BCUT2D eigenvalue weighted by atomic mass is 16.5. The van der Waals surface area contributed by atoms with Gasteiger partial charge in [0, 0.05) is 22.5 Å². The number of hydrogen-bond acceptors (Lipinski definition) is 7. The van der Waals surface area contributed by atoms with E-state index < -0.39 is 23.8 Å². The number of unbranched alkanes of at least 4 members (excludes halogenated alkanes) is 1. The normalized spacial score (nSPS) is 22.8. The fourth-order valence-electron chi connectivity index (χ4n) is 4.77. The predicted molar refractivity (Wildman–Crippen MR) is 133 cm³/mol. The van der Waals surface area contributed by atoms with Crippen LogP contribution in [0, 0.1) is 11.8 Å². The third-order valence-electron chi connectivity index (χ3n) is 6.83. The van der Waals surface area contributed by atoms with Gasteiger partial charge in [-0.2, -0.15) is 0 Å². The standard InChI is InChI=1S/C28H37NO6/c1-7-9-14-34-21-13-11-10-12-19(21)24-23(28(32)35-17(4)8-2)18(5)29-20-15-16(3)22(27(31)33-6)26(30)25(20)24/h10-13,16-17,22,24,29H,7-9,14-15H2,1-6H3/t16-,17+,22+,24+/m1/s1. The summed E-state index contributed by atoms with van der Waals surface area (Å²) in [5.41, 5.74) is 2.85. The number of Topliss-reactive ketones (excluding diaryl/α,β-unsaturated/α-hetero) is 1. The van der Waals surface area contributed by atoms with E-state index in [1.54, 1.807) is 0 Å². The van der Waals surface area contributed by atoms with Crippen molar-refractivity contribution < 1.29 is 28.6 Å². The molecule has 35 heavy (non-hydrogen) atoms. The molecule has 0 bridgehead atoms. The van der Waals surface area contributed by atoms with Crippen molar-refractivity contribution in [1.82, 2.24) is 5.32 Å². The number of ether oxygens (including phenoxy) is 3. The van der Waals surface area contributed by atoms with Gasteiger partial charge < -0.3 is 19.5 Å². The molecule has 0 saturated carbocycles. The van der Waals surface area contributed by atoms with Crippen molar-refractivity contribution in [2.45, 2.75) is 72.3 Å². The molecule has 7 nitrogen and oxygen atoms in total. The Kier molecular flexibility index (Phi) is 8.76. The van der Waals surface area contributed by atoms with Crippen LogP contribution in [0.15, 0.2) is 46.8 Å². The van der Waals surface area contributed by atoms with Crippen LogP contribution in [0.5, 0.6) is 5.75 Å². The number of para-hydroxylation sites is 1. The first-order valence-electron chi connectivity index (χ1n) is 12.5. The van der Waals surface area contributed by atoms with Crippen molar-refractivity contribution in [1.29, 1.82) is 0 Å². The van der Waals surface area contributed by atoms with E-state index in [0.29, 0.717) is 47.6 Å². The maximum Gasteiger partial charge on any atom is 0.337 e. The molecule has 0 unspecified atom stereocenters. The van der Waals surface area contributed by atoms with Gasteiger partial charge in [-0.1, -0.05) is 45.4 Å². The molecule has 0 radical (unpaired) electrons. The minimum absolute atomic E-state index is 0.237. The Morgan fingerprint density at radius 2 is 1.91 bits per heavy atom. The lowest BCUT2D eigenvalue weighted by Crippen LogP contribution is -2.43. The van der Waals surface area contributed by atoms with E-state index in [2.05, 4.69) is 12.2 Å². The van der Waals surface area contributed by atoms with Crippen LogP contribution in [0.25, 0.3) is 0 Å². The van der Waals surface area contributed by atoms with Crippen molar-refractivity contribution in [2.75, 3.05) is 13.7 Å². The molecule has 0 spiro atoms. The van der Waals surface area contributed by atoms with Crippen LogP contribution in [0.2, 0.25) is 0 Å². The van der Waals surface area contributed by atoms with Gasteiger partial charge in [-0.3, -0.25) is 9.59 Å². The summed E-state index contributed by atoms with van der Waals surface area (Å²) in [6.45, 7) is 10.1. The molecule has 3 rings (SSSR count). The molecule has 4 atom stereocenters. The fourth-order valence-corrected chi connectivity index (χ4v) is 4.77. The summed E-state index contributed by atoms with van der Waals surface area (Å²) in [4.78, 5) is 39.9.